The fourth-order valence-corrected chi connectivity index (χ4v) is 2.86. The second-order valence-electron chi connectivity index (χ2n) is 4.98. The molecule has 1 aromatic carbocycles. The van der Waals surface area contributed by atoms with Gasteiger partial charge in [-0.1, -0.05) is 6.07 Å². The van der Waals surface area contributed by atoms with Crippen LogP contribution in [-0.4, -0.2) is 13.2 Å². The van der Waals surface area contributed by atoms with Crippen LogP contribution in [0.15, 0.2) is 18.2 Å². The first kappa shape index (κ1) is 9.22. The maximum absolute atomic E-state index is 6.03. The molecule has 0 saturated heterocycles. The Morgan fingerprint density at radius 1 is 1.40 bits per heavy atom. The summed E-state index contributed by atoms with van der Waals surface area (Å²) in [7, 11) is 1.73. The predicted molar refractivity (Wildman–Crippen MR) is 60.0 cm³/mol. The van der Waals surface area contributed by atoms with E-state index in [2.05, 4.69) is 18.2 Å². The van der Waals surface area contributed by atoms with Crippen LogP contribution in [0.4, 0.5) is 0 Å². The van der Waals surface area contributed by atoms with E-state index in [1.165, 1.54) is 30.4 Å². The van der Waals surface area contributed by atoms with Crippen LogP contribution in [-0.2, 0) is 12.8 Å². The summed E-state index contributed by atoms with van der Waals surface area (Å²) in [5.41, 5.74) is 9.41. The van der Waals surface area contributed by atoms with Crippen molar-refractivity contribution in [2.45, 2.75) is 31.7 Å². The van der Waals surface area contributed by atoms with Crippen molar-refractivity contribution in [1.82, 2.24) is 0 Å². The topological polar surface area (TPSA) is 35.2 Å². The van der Waals surface area contributed by atoms with Gasteiger partial charge in [0, 0.05) is 6.04 Å². The maximum Gasteiger partial charge on any atom is 0.119 e. The van der Waals surface area contributed by atoms with Gasteiger partial charge in [0.05, 0.1) is 7.11 Å². The standard InChI is InChI=1S/C13H17NO/c1-15-11-3-2-9-4-5-13(8-12(13)14)7-10(9)6-11/h2-3,6,12H,4-5,7-8,14H2,1H3. The highest BCUT2D eigenvalue weighted by atomic mass is 16.5. The minimum Gasteiger partial charge on any atom is -0.497 e. The van der Waals surface area contributed by atoms with Gasteiger partial charge in [0.2, 0.25) is 0 Å². The van der Waals surface area contributed by atoms with E-state index in [1.807, 2.05) is 0 Å². The third kappa shape index (κ3) is 1.36. The van der Waals surface area contributed by atoms with Crippen LogP contribution in [0.5, 0.6) is 5.75 Å². The number of rotatable bonds is 1. The monoisotopic (exact) mass is 203 g/mol. The van der Waals surface area contributed by atoms with Gasteiger partial charge in [0.15, 0.2) is 0 Å². The lowest BCUT2D eigenvalue weighted by Gasteiger charge is -2.25. The summed E-state index contributed by atoms with van der Waals surface area (Å²) >= 11 is 0. The lowest BCUT2D eigenvalue weighted by molar-refractivity contribution is 0.403. The van der Waals surface area contributed by atoms with Crippen LogP contribution >= 0.6 is 0 Å². The lowest BCUT2D eigenvalue weighted by atomic mass is 9.81. The molecule has 0 amide bonds. The summed E-state index contributed by atoms with van der Waals surface area (Å²) in [6.45, 7) is 0. The molecule has 0 aromatic heterocycles. The van der Waals surface area contributed by atoms with E-state index in [-0.39, 0.29) is 0 Å². The molecule has 2 nitrogen and oxygen atoms in total. The summed E-state index contributed by atoms with van der Waals surface area (Å²) in [4.78, 5) is 0. The third-order valence-electron chi connectivity index (χ3n) is 4.10. The van der Waals surface area contributed by atoms with Crippen LogP contribution in [0.25, 0.3) is 0 Å². The second-order valence-corrected chi connectivity index (χ2v) is 4.98. The summed E-state index contributed by atoms with van der Waals surface area (Å²) in [5.74, 6) is 0.972. The van der Waals surface area contributed by atoms with Crippen molar-refractivity contribution in [2.24, 2.45) is 11.1 Å². The largest absolute Gasteiger partial charge is 0.497 e. The Labute approximate surface area is 90.4 Å². The average Bonchev–Trinajstić information content (AvgIpc) is 2.87. The Morgan fingerprint density at radius 2 is 2.20 bits per heavy atom. The molecule has 2 aliphatic carbocycles. The SMILES string of the molecule is COc1ccc2c(c1)CC1(CC2)CC1N. The van der Waals surface area contributed by atoms with Gasteiger partial charge in [-0.15, -0.1) is 0 Å². The van der Waals surface area contributed by atoms with Crippen molar-refractivity contribution in [2.75, 3.05) is 7.11 Å². The van der Waals surface area contributed by atoms with Crippen molar-refractivity contribution in [3.63, 3.8) is 0 Å². The molecule has 3 rings (SSSR count). The Bertz CT molecular complexity index is 402. The summed E-state index contributed by atoms with van der Waals surface area (Å²) in [6.07, 6.45) is 4.82. The summed E-state index contributed by atoms with van der Waals surface area (Å²) < 4.78 is 5.26. The van der Waals surface area contributed by atoms with Gasteiger partial charge in [0.25, 0.3) is 0 Å². The molecule has 0 aliphatic heterocycles. The molecular weight excluding hydrogens is 186 g/mol. The van der Waals surface area contributed by atoms with E-state index in [9.17, 15) is 0 Å². The van der Waals surface area contributed by atoms with Crippen molar-refractivity contribution in [3.8, 4) is 5.75 Å². The highest BCUT2D eigenvalue weighted by Crippen LogP contribution is 2.53. The van der Waals surface area contributed by atoms with Gasteiger partial charge in [0.1, 0.15) is 5.75 Å². The molecule has 2 aliphatic rings. The van der Waals surface area contributed by atoms with Crippen LogP contribution in [0.1, 0.15) is 24.0 Å². The minimum absolute atomic E-state index is 0.442. The zero-order chi connectivity index (χ0) is 10.5. The Balaban J connectivity index is 1.94. The molecule has 0 heterocycles. The Morgan fingerprint density at radius 3 is 2.87 bits per heavy atom. The first-order valence-electron chi connectivity index (χ1n) is 5.65. The zero-order valence-corrected chi connectivity index (χ0v) is 9.12. The highest BCUT2D eigenvalue weighted by molar-refractivity contribution is 5.39. The molecule has 2 heteroatoms. The smallest absolute Gasteiger partial charge is 0.119 e. The van der Waals surface area contributed by atoms with Gasteiger partial charge in [-0.25, -0.2) is 0 Å². The second kappa shape index (κ2) is 2.99. The number of nitrogens with two attached hydrogens (primary N) is 1. The Hall–Kier alpha value is -1.02. The predicted octanol–water partition coefficient (Wildman–Crippen LogP) is 1.90. The van der Waals surface area contributed by atoms with E-state index in [0.717, 1.165) is 12.2 Å². The average molecular weight is 203 g/mol. The van der Waals surface area contributed by atoms with Gasteiger partial charge in [-0.3, -0.25) is 0 Å². The molecule has 15 heavy (non-hydrogen) atoms. The first-order valence-corrected chi connectivity index (χ1v) is 5.65. The molecule has 80 valence electrons. The maximum atomic E-state index is 6.03. The third-order valence-corrected chi connectivity index (χ3v) is 4.10. The molecular formula is C13H17NO. The van der Waals surface area contributed by atoms with Gasteiger partial charge in [-0.05, 0) is 54.4 Å². The summed E-state index contributed by atoms with van der Waals surface area (Å²) in [6, 6.07) is 6.89. The fraction of sp³-hybridized carbons (Fsp3) is 0.538. The number of methoxy groups -OCH3 is 1. The van der Waals surface area contributed by atoms with Gasteiger partial charge in [-0.2, -0.15) is 0 Å². The molecule has 1 fully saturated rings. The van der Waals surface area contributed by atoms with E-state index in [1.54, 1.807) is 7.11 Å². The van der Waals surface area contributed by atoms with Crippen molar-refractivity contribution < 1.29 is 4.74 Å². The highest BCUT2D eigenvalue weighted by Gasteiger charge is 2.52. The lowest BCUT2D eigenvalue weighted by Crippen LogP contribution is -2.22. The first-order chi connectivity index (χ1) is 7.23. The number of ether oxygens (including phenoxy) is 1. The van der Waals surface area contributed by atoms with Crippen LogP contribution in [0.2, 0.25) is 0 Å². The molecule has 1 saturated carbocycles. The number of hydrogen-bond donors (Lipinski definition) is 1. The van der Waals surface area contributed by atoms with E-state index >= 15 is 0 Å². The molecule has 1 aromatic rings. The quantitative estimate of drug-likeness (QED) is 0.756. The molecule has 2 N–H and O–H groups in total. The fourth-order valence-electron chi connectivity index (χ4n) is 2.86. The van der Waals surface area contributed by atoms with Gasteiger partial charge >= 0.3 is 0 Å². The van der Waals surface area contributed by atoms with E-state index in [4.69, 9.17) is 10.5 Å². The summed E-state index contributed by atoms with van der Waals surface area (Å²) in [5, 5.41) is 0. The Kier molecular flexibility index (Phi) is 1.84. The van der Waals surface area contributed by atoms with Crippen molar-refractivity contribution >= 4 is 0 Å². The number of fused-ring (bicyclic) bond motifs is 1. The molecule has 1 spiro atoms. The molecule has 2 unspecified atom stereocenters. The zero-order valence-electron chi connectivity index (χ0n) is 9.12. The molecule has 2 atom stereocenters. The number of hydrogen-bond acceptors (Lipinski definition) is 2. The number of benzene rings is 1. The molecule has 0 bridgehead atoms. The minimum atomic E-state index is 0.442. The van der Waals surface area contributed by atoms with Crippen LogP contribution < -0.4 is 10.5 Å². The number of aryl methyl sites for hydroxylation is 1. The van der Waals surface area contributed by atoms with Gasteiger partial charge < -0.3 is 10.5 Å². The van der Waals surface area contributed by atoms with Crippen molar-refractivity contribution in [3.05, 3.63) is 29.3 Å². The van der Waals surface area contributed by atoms with Crippen molar-refractivity contribution in [1.29, 1.82) is 0 Å². The van der Waals surface area contributed by atoms with E-state index in [0.29, 0.717) is 11.5 Å². The van der Waals surface area contributed by atoms with Crippen LogP contribution in [0, 0.1) is 5.41 Å². The molecule has 0 radical (unpaired) electrons. The van der Waals surface area contributed by atoms with Crippen LogP contribution in [0.3, 0.4) is 0 Å². The van der Waals surface area contributed by atoms with E-state index < -0.39 is 0 Å². The normalized spacial score (nSPS) is 32.5.